The van der Waals surface area contributed by atoms with Crippen LogP contribution in [0.2, 0.25) is 0 Å². The second-order valence-corrected chi connectivity index (χ2v) is 4.99. The molecule has 0 amide bonds. The largest absolute Gasteiger partial charge is 0.454 e. The Morgan fingerprint density at radius 2 is 2.05 bits per heavy atom. The fourth-order valence-electron chi connectivity index (χ4n) is 1.75. The molecule has 0 unspecified atom stereocenters. The van der Waals surface area contributed by atoms with Crippen molar-refractivity contribution in [3.63, 3.8) is 0 Å². The first-order valence-electron chi connectivity index (χ1n) is 5.87. The highest BCUT2D eigenvalue weighted by Gasteiger charge is 2.18. The summed E-state index contributed by atoms with van der Waals surface area (Å²) < 4.78 is 15.3. The summed E-state index contributed by atoms with van der Waals surface area (Å²) in [5.41, 5.74) is 0.327. The van der Waals surface area contributed by atoms with Gasteiger partial charge in [0.2, 0.25) is 12.6 Å². The fourth-order valence-corrected chi connectivity index (χ4v) is 2.40. The number of hydrogen-bond acceptors (Lipinski definition) is 6. The Morgan fingerprint density at radius 3 is 2.85 bits per heavy atom. The summed E-state index contributed by atoms with van der Waals surface area (Å²) in [5, 5.41) is 1.80. The van der Waals surface area contributed by atoms with Crippen molar-refractivity contribution in [2.75, 3.05) is 13.4 Å². The maximum atomic E-state index is 11.9. The molecule has 5 nitrogen and oxygen atoms in total. The quantitative estimate of drug-likeness (QED) is 0.639. The van der Waals surface area contributed by atoms with Crippen LogP contribution in [-0.4, -0.2) is 25.2 Å². The van der Waals surface area contributed by atoms with E-state index in [1.54, 1.807) is 35.7 Å². The second kappa shape index (κ2) is 5.34. The maximum absolute atomic E-state index is 11.9. The van der Waals surface area contributed by atoms with Gasteiger partial charge in [0, 0.05) is 0 Å². The molecular formula is C14H10O5S. The normalized spacial score (nSPS) is 12.2. The van der Waals surface area contributed by atoms with E-state index in [1.165, 1.54) is 11.3 Å². The number of carbonyl (C=O) groups excluding carboxylic acids is 2. The molecule has 20 heavy (non-hydrogen) atoms. The first kappa shape index (κ1) is 12.7. The number of rotatable bonds is 4. The smallest absolute Gasteiger partial charge is 0.338 e. The lowest BCUT2D eigenvalue weighted by Crippen LogP contribution is -2.13. The van der Waals surface area contributed by atoms with Gasteiger partial charge in [-0.15, -0.1) is 11.3 Å². The van der Waals surface area contributed by atoms with Crippen molar-refractivity contribution in [2.24, 2.45) is 0 Å². The molecule has 0 atom stereocenters. The predicted molar refractivity (Wildman–Crippen MR) is 71.5 cm³/mol. The number of carbonyl (C=O) groups is 2. The van der Waals surface area contributed by atoms with Crippen LogP contribution in [0.5, 0.6) is 11.5 Å². The van der Waals surface area contributed by atoms with E-state index in [4.69, 9.17) is 14.2 Å². The molecule has 0 saturated heterocycles. The molecule has 6 heteroatoms. The summed E-state index contributed by atoms with van der Waals surface area (Å²) >= 11 is 1.32. The zero-order chi connectivity index (χ0) is 13.9. The van der Waals surface area contributed by atoms with Crippen LogP contribution in [0.4, 0.5) is 0 Å². The third kappa shape index (κ3) is 2.50. The minimum atomic E-state index is -0.562. The molecule has 2 aromatic rings. The molecule has 0 radical (unpaired) electrons. The third-order valence-electron chi connectivity index (χ3n) is 2.74. The number of Topliss-reactive ketones (excluding diaryl/α,β-unsaturated/α-hetero) is 1. The van der Waals surface area contributed by atoms with Crippen molar-refractivity contribution in [2.45, 2.75) is 0 Å². The Labute approximate surface area is 118 Å². The van der Waals surface area contributed by atoms with Crippen molar-refractivity contribution < 1.29 is 23.8 Å². The Hall–Kier alpha value is -2.34. The molecule has 0 N–H and O–H groups in total. The van der Waals surface area contributed by atoms with Crippen LogP contribution in [0.25, 0.3) is 0 Å². The van der Waals surface area contributed by atoms with Crippen molar-refractivity contribution in [3.05, 3.63) is 46.2 Å². The zero-order valence-electron chi connectivity index (χ0n) is 10.3. The molecule has 3 rings (SSSR count). The molecule has 0 saturated carbocycles. The van der Waals surface area contributed by atoms with Crippen LogP contribution in [0.15, 0.2) is 35.7 Å². The van der Waals surface area contributed by atoms with Crippen LogP contribution >= 0.6 is 11.3 Å². The van der Waals surface area contributed by atoms with Crippen LogP contribution in [0.3, 0.4) is 0 Å². The molecule has 0 fully saturated rings. The van der Waals surface area contributed by atoms with Gasteiger partial charge in [-0.1, -0.05) is 6.07 Å². The average Bonchev–Trinajstić information content (AvgIpc) is 3.13. The second-order valence-electron chi connectivity index (χ2n) is 4.04. The molecule has 0 aliphatic carbocycles. The van der Waals surface area contributed by atoms with Gasteiger partial charge < -0.3 is 14.2 Å². The molecule has 1 aromatic carbocycles. The Balaban J connectivity index is 1.63. The van der Waals surface area contributed by atoms with E-state index >= 15 is 0 Å². The van der Waals surface area contributed by atoms with E-state index in [9.17, 15) is 9.59 Å². The minimum Gasteiger partial charge on any atom is -0.454 e. The van der Waals surface area contributed by atoms with Crippen LogP contribution in [0.1, 0.15) is 20.0 Å². The minimum absolute atomic E-state index is 0.144. The van der Waals surface area contributed by atoms with Gasteiger partial charge in [0.15, 0.2) is 18.1 Å². The number of ether oxygens (including phenoxy) is 3. The van der Waals surface area contributed by atoms with E-state index in [0.29, 0.717) is 21.9 Å². The Morgan fingerprint density at radius 1 is 1.20 bits per heavy atom. The zero-order valence-corrected chi connectivity index (χ0v) is 11.1. The number of benzene rings is 1. The van der Waals surface area contributed by atoms with Crippen LogP contribution < -0.4 is 9.47 Å². The maximum Gasteiger partial charge on any atom is 0.338 e. The van der Waals surface area contributed by atoms with Gasteiger partial charge in [0.25, 0.3) is 0 Å². The van der Waals surface area contributed by atoms with E-state index in [2.05, 4.69) is 0 Å². The van der Waals surface area contributed by atoms with E-state index in [1.807, 2.05) is 0 Å². The van der Waals surface area contributed by atoms with E-state index in [0.717, 1.165) is 0 Å². The molecule has 0 spiro atoms. The van der Waals surface area contributed by atoms with Crippen LogP contribution in [0, 0.1) is 0 Å². The van der Waals surface area contributed by atoms with Gasteiger partial charge in [0.1, 0.15) is 0 Å². The van der Waals surface area contributed by atoms with E-state index in [-0.39, 0.29) is 19.2 Å². The predicted octanol–water partition coefficient (Wildman–Crippen LogP) is 2.52. The van der Waals surface area contributed by atoms with E-state index < -0.39 is 5.97 Å². The summed E-state index contributed by atoms with van der Waals surface area (Å²) in [4.78, 5) is 24.1. The monoisotopic (exact) mass is 290 g/mol. The standard InChI is InChI=1S/C14H10O5S/c15-10(13-2-1-5-20-13)7-17-14(16)9-3-4-11-12(6-9)19-8-18-11/h1-6H,7-8H2. The topological polar surface area (TPSA) is 61.8 Å². The Bertz CT molecular complexity index is 648. The van der Waals surface area contributed by atoms with Crippen molar-refractivity contribution in [1.29, 1.82) is 0 Å². The lowest BCUT2D eigenvalue weighted by molar-refractivity contribution is 0.0475. The molecule has 1 aliphatic heterocycles. The van der Waals surface area contributed by atoms with Crippen molar-refractivity contribution in [1.82, 2.24) is 0 Å². The highest BCUT2D eigenvalue weighted by molar-refractivity contribution is 7.12. The highest BCUT2D eigenvalue weighted by atomic mass is 32.1. The Kier molecular flexibility index (Phi) is 3.39. The summed E-state index contributed by atoms with van der Waals surface area (Å²) in [6.07, 6.45) is 0. The molecule has 2 heterocycles. The summed E-state index contributed by atoms with van der Waals surface area (Å²) in [7, 11) is 0. The summed E-state index contributed by atoms with van der Waals surface area (Å²) in [6.45, 7) is -0.127. The van der Waals surface area contributed by atoms with Gasteiger partial charge in [-0.3, -0.25) is 4.79 Å². The van der Waals surface area contributed by atoms with Gasteiger partial charge in [-0.2, -0.15) is 0 Å². The molecular weight excluding hydrogens is 280 g/mol. The van der Waals surface area contributed by atoms with Gasteiger partial charge in [-0.25, -0.2) is 4.79 Å². The molecule has 1 aromatic heterocycles. The summed E-state index contributed by atoms with van der Waals surface area (Å²) in [6, 6.07) is 8.23. The van der Waals surface area contributed by atoms with Gasteiger partial charge in [0.05, 0.1) is 10.4 Å². The molecule has 102 valence electrons. The van der Waals surface area contributed by atoms with Gasteiger partial charge in [-0.05, 0) is 29.6 Å². The van der Waals surface area contributed by atoms with Crippen molar-refractivity contribution in [3.8, 4) is 11.5 Å². The highest BCUT2D eigenvalue weighted by Crippen LogP contribution is 2.32. The number of thiophene rings is 1. The number of hydrogen-bond donors (Lipinski definition) is 0. The number of esters is 1. The van der Waals surface area contributed by atoms with Crippen LogP contribution in [-0.2, 0) is 4.74 Å². The molecule has 1 aliphatic rings. The van der Waals surface area contributed by atoms with Crippen molar-refractivity contribution >= 4 is 23.1 Å². The lowest BCUT2D eigenvalue weighted by atomic mass is 10.2. The first-order valence-corrected chi connectivity index (χ1v) is 6.75. The molecule has 0 bridgehead atoms. The lowest BCUT2D eigenvalue weighted by Gasteiger charge is -2.04. The SMILES string of the molecule is O=C(OCC(=O)c1cccs1)c1ccc2c(c1)OCO2. The summed E-state index contributed by atoms with van der Waals surface area (Å²) in [5.74, 6) is 0.322. The number of ketones is 1. The fraction of sp³-hybridized carbons (Fsp3) is 0.143. The third-order valence-corrected chi connectivity index (χ3v) is 3.65. The first-order chi connectivity index (χ1) is 9.74. The number of fused-ring (bicyclic) bond motifs is 1. The average molecular weight is 290 g/mol. The van der Waals surface area contributed by atoms with Gasteiger partial charge >= 0.3 is 5.97 Å².